The molecule has 1 fully saturated rings. The van der Waals surface area contributed by atoms with Gasteiger partial charge in [0.15, 0.2) is 6.10 Å². The summed E-state index contributed by atoms with van der Waals surface area (Å²) < 4.78 is 0. The minimum Gasteiger partial charge on any atom is -0.390 e. The molecule has 1 aliphatic heterocycles. The predicted molar refractivity (Wildman–Crippen MR) is 62.1 cm³/mol. The lowest BCUT2D eigenvalue weighted by molar-refractivity contribution is -0.120. The number of nitrogens with zero attached hydrogens (tertiary/aromatic N) is 1. The Kier molecular flexibility index (Phi) is 2.68. The van der Waals surface area contributed by atoms with Crippen LogP contribution in [0.4, 0.5) is 0 Å². The Morgan fingerprint density at radius 1 is 1.44 bits per heavy atom. The van der Waals surface area contributed by atoms with E-state index in [0.29, 0.717) is 5.92 Å². The second kappa shape index (κ2) is 3.75. The number of fused-ring (bicyclic) bond motifs is 1. The minimum atomic E-state index is 0.0125. The average molecular weight is 224 g/mol. The molecule has 0 unspecified atom stereocenters. The van der Waals surface area contributed by atoms with Gasteiger partial charge in [-0.3, -0.25) is 4.79 Å². The van der Waals surface area contributed by atoms with E-state index in [0.717, 1.165) is 18.6 Å². The van der Waals surface area contributed by atoms with Gasteiger partial charge in [-0.1, -0.05) is 25.9 Å². The largest absolute Gasteiger partial charge is 0.390 e. The van der Waals surface area contributed by atoms with Gasteiger partial charge in [0.05, 0.1) is 11.8 Å². The quantitative estimate of drug-likeness (QED) is 0.737. The smallest absolute Gasteiger partial charge is 0.217 e. The number of carbonyl (C=O) groups excluding carboxylic acids is 1. The van der Waals surface area contributed by atoms with Gasteiger partial charge in [0.1, 0.15) is 0 Å². The summed E-state index contributed by atoms with van der Waals surface area (Å²) in [4.78, 5) is 16.6. The van der Waals surface area contributed by atoms with Gasteiger partial charge in [0.25, 0.3) is 0 Å². The molecule has 0 aromatic carbocycles. The molecule has 1 heterocycles. The maximum Gasteiger partial charge on any atom is 0.217 e. The number of hydrogen-bond acceptors (Lipinski definition) is 3. The van der Waals surface area contributed by atoms with Crippen LogP contribution in [0.2, 0.25) is 0 Å². The molecule has 1 saturated carbocycles. The first-order chi connectivity index (χ1) is 7.39. The molecule has 0 aromatic rings. The Morgan fingerprint density at radius 2 is 2.12 bits per heavy atom. The molecule has 90 valence electrons. The normalized spacial score (nSPS) is 33.0. The second-order valence-corrected chi connectivity index (χ2v) is 5.79. The van der Waals surface area contributed by atoms with Crippen molar-refractivity contribution in [3.8, 4) is 0 Å². The molecule has 2 aliphatic rings. The molecule has 2 rings (SSSR count). The highest BCUT2D eigenvalue weighted by Crippen LogP contribution is 2.39. The van der Waals surface area contributed by atoms with E-state index >= 15 is 0 Å². The molecule has 16 heavy (non-hydrogen) atoms. The van der Waals surface area contributed by atoms with E-state index in [1.165, 1.54) is 0 Å². The zero-order chi connectivity index (χ0) is 11.9. The van der Waals surface area contributed by atoms with Gasteiger partial charge in [-0.25, -0.2) is 0 Å². The van der Waals surface area contributed by atoms with E-state index in [1.807, 2.05) is 0 Å². The van der Waals surface area contributed by atoms with Gasteiger partial charge in [0, 0.05) is 18.3 Å². The molecule has 1 amide bonds. The van der Waals surface area contributed by atoms with Crippen LogP contribution in [-0.2, 0) is 9.63 Å². The third kappa shape index (κ3) is 1.93. The SMILES string of the molecule is CC(=O)N[C@H]1CC[C@H]2C(C(C)(C)C)=NO[C@@H]12. The van der Waals surface area contributed by atoms with Crippen LogP contribution >= 0.6 is 0 Å². The van der Waals surface area contributed by atoms with Crippen molar-refractivity contribution in [2.24, 2.45) is 16.5 Å². The summed E-state index contributed by atoms with van der Waals surface area (Å²) in [6.45, 7) is 8.02. The Morgan fingerprint density at radius 3 is 2.69 bits per heavy atom. The number of amides is 1. The van der Waals surface area contributed by atoms with Crippen molar-refractivity contribution in [1.82, 2.24) is 5.32 Å². The lowest BCUT2D eigenvalue weighted by Gasteiger charge is -2.22. The van der Waals surface area contributed by atoms with Crippen molar-refractivity contribution in [3.63, 3.8) is 0 Å². The van der Waals surface area contributed by atoms with Gasteiger partial charge in [0.2, 0.25) is 5.91 Å². The Balaban J connectivity index is 2.07. The summed E-state index contributed by atoms with van der Waals surface area (Å²) in [6, 6.07) is 0.131. The van der Waals surface area contributed by atoms with E-state index in [1.54, 1.807) is 6.92 Å². The first kappa shape index (κ1) is 11.4. The highest BCUT2D eigenvalue weighted by Gasteiger charge is 2.48. The summed E-state index contributed by atoms with van der Waals surface area (Å²) in [5.41, 5.74) is 1.20. The van der Waals surface area contributed by atoms with Gasteiger partial charge < -0.3 is 10.2 Å². The summed E-state index contributed by atoms with van der Waals surface area (Å²) in [5.74, 6) is 0.398. The zero-order valence-corrected chi connectivity index (χ0v) is 10.4. The molecule has 0 bridgehead atoms. The van der Waals surface area contributed by atoms with Crippen LogP contribution in [0.3, 0.4) is 0 Å². The second-order valence-electron chi connectivity index (χ2n) is 5.79. The predicted octanol–water partition coefficient (Wildman–Crippen LogP) is 1.70. The fraction of sp³-hybridized carbons (Fsp3) is 0.833. The summed E-state index contributed by atoms with van der Waals surface area (Å²) in [6.07, 6.45) is 2.11. The number of rotatable bonds is 1. The first-order valence-corrected chi connectivity index (χ1v) is 5.91. The van der Waals surface area contributed by atoms with Crippen molar-refractivity contribution >= 4 is 11.6 Å². The highest BCUT2D eigenvalue weighted by atomic mass is 16.6. The summed E-state index contributed by atoms with van der Waals surface area (Å²) in [7, 11) is 0. The van der Waals surface area contributed by atoms with E-state index in [4.69, 9.17) is 4.84 Å². The summed E-state index contributed by atoms with van der Waals surface area (Å²) >= 11 is 0. The van der Waals surface area contributed by atoms with Crippen LogP contribution in [0.5, 0.6) is 0 Å². The molecule has 4 heteroatoms. The number of carbonyl (C=O) groups is 1. The van der Waals surface area contributed by atoms with Gasteiger partial charge in [-0.2, -0.15) is 0 Å². The molecule has 0 saturated heterocycles. The zero-order valence-electron chi connectivity index (χ0n) is 10.4. The molecule has 0 aromatic heterocycles. The van der Waals surface area contributed by atoms with Crippen molar-refractivity contribution in [2.75, 3.05) is 0 Å². The monoisotopic (exact) mass is 224 g/mol. The molecule has 4 nitrogen and oxygen atoms in total. The van der Waals surface area contributed by atoms with E-state index < -0.39 is 0 Å². The molecule has 3 atom stereocenters. The van der Waals surface area contributed by atoms with Crippen molar-refractivity contribution in [2.45, 2.75) is 52.7 Å². The van der Waals surface area contributed by atoms with Gasteiger partial charge in [-0.05, 0) is 12.8 Å². The third-order valence-electron chi connectivity index (χ3n) is 3.36. The Hall–Kier alpha value is -1.06. The van der Waals surface area contributed by atoms with E-state index in [9.17, 15) is 4.79 Å². The fourth-order valence-electron chi connectivity index (χ4n) is 2.70. The van der Waals surface area contributed by atoms with Crippen LogP contribution in [0, 0.1) is 11.3 Å². The molecule has 0 radical (unpaired) electrons. The van der Waals surface area contributed by atoms with Crippen LogP contribution in [0.25, 0.3) is 0 Å². The van der Waals surface area contributed by atoms with Crippen molar-refractivity contribution < 1.29 is 9.63 Å². The van der Waals surface area contributed by atoms with E-state index in [2.05, 4.69) is 31.2 Å². The maximum atomic E-state index is 11.1. The fourth-order valence-corrected chi connectivity index (χ4v) is 2.70. The molecule has 1 N–H and O–H groups in total. The molecular weight excluding hydrogens is 204 g/mol. The van der Waals surface area contributed by atoms with E-state index in [-0.39, 0.29) is 23.5 Å². The Labute approximate surface area is 96.4 Å². The third-order valence-corrected chi connectivity index (χ3v) is 3.36. The van der Waals surface area contributed by atoms with Gasteiger partial charge in [-0.15, -0.1) is 0 Å². The lowest BCUT2D eigenvalue weighted by Crippen LogP contribution is -2.41. The van der Waals surface area contributed by atoms with Crippen LogP contribution < -0.4 is 5.32 Å². The highest BCUT2D eigenvalue weighted by molar-refractivity contribution is 5.92. The topological polar surface area (TPSA) is 50.7 Å². The molecular formula is C12H20N2O2. The van der Waals surface area contributed by atoms with Crippen molar-refractivity contribution in [1.29, 1.82) is 0 Å². The van der Waals surface area contributed by atoms with Crippen LogP contribution in [-0.4, -0.2) is 23.8 Å². The number of nitrogens with one attached hydrogen (secondary N) is 1. The Bertz CT molecular complexity index is 330. The van der Waals surface area contributed by atoms with Crippen molar-refractivity contribution in [3.05, 3.63) is 0 Å². The maximum absolute atomic E-state index is 11.1. The molecule has 1 aliphatic carbocycles. The molecule has 0 spiro atoms. The number of hydrogen-bond donors (Lipinski definition) is 1. The standard InChI is InChI=1S/C12H20N2O2/c1-7(15)13-9-6-5-8-10(9)16-14-11(8)12(2,3)4/h8-10H,5-6H2,1-4H3,(H,13,15)/t8-,9+,10-/m1/s1. The summed E-state index contributed by atoms with van der Waals surface area (Å²) in [5, 5.41) is 7.16. The average Bonchev–Trinajstić information content (AvgIpc) is 2.65. The first-order valence-electron chi connectivity index (χ1n) is 5.91. The number of oxime groups is 1. The van der Waals surface area contributed by atoms with Crippen LogP contribution in [0.15, 0.2) is 5.16 Å². The minimum absolute atomic E-state index is 0.0125. The lowest BCUT2D eigenvalue weighted by atomic mass is 9.81. The van der Waals surface area contributed by atoms with Gasteiger partial charge >= 0.3 is 0 Å². The van der Waals surface area contributed by atoms with Crippen LogP contribution in [0.1, 0.15) is 40.5 Å².